The molecule has 2 aromatic rings. The van der Waals surface area contributed by atoms with Crippen molar-refractivity contribution >= 4 is 46.5 Å². The number of amides is 1. The quantitative estimate of drug-likeness (QED) is 0.699. The number of aromatic carboxylic acids is 2. The second kappa shape index (κ2) is 7.46. The number of thioether (sulfide) groups is 1. The van der Waals surface area contributed by atoms with Gasteiger partial charge in [-0.15, -0.1) is 0 Å². The van der Waals surface area contributed by atoms with Gasteiger partial charge in [-0.05, 0) is 54.1 Å². The molecule has 3 N–H and O–H groups in total. The highest BCUT2D eigenvalue weighted by Crippen LogP contribution is 2.29. The van der Waals surface area contributed by atoms with Crippen LogP contribution >= 0.6 is 11.8 Å². The van der Waals surface area contributed by atoms with Crippen LogP contribution in [0.4, 0.5) is 5.69 Å². The number of carboxylic acids is 2. The minimum absolute atomic E-state index is 0.132. The molecule has 0 bridgehead atoms. The normalized spacial score (nSPS) is 16.6. The summed E-state index contributed by atoms with van der Waals surface area (Å²) < 4.78 is 0. The third-order valence-electron chi connectivity index (χ3n) is 3.77. The molecule has 1 aliphatic rings. The molecule has 0 unspecified atom stereocenters. The van der Waals surface area contributed by atoms with E-state index in [1.54, 1.807) is 6.08 Å². The van der Waals surface area contributed by atoms with Gasteiger partial charge in [0.1, 0.15) is 0 Å². The summed E-state index contributed by atoms with van der Waals surface area (Å²) in [5.41, 5.74) is 1.66. The van der Waals surface area contributed by atoms with Crippen molar-refractivity contribution in [1.82, 2.24) is 5.32 Å². The van der Waals surface area contributed by atoms with Crippen molar-refractivity contribution in [2.24, 2.45) is 4.99 Å². The molecule has 0 aromatic heterocycles. The summed E-state index contributed by atoms with van der Waals surface area (Å²) in [5, 5.41) is 21.1. The van der Waals surface area contributed by atoms with Crippen LogP contribution in [0.1, 0.15) is 31.8 Å². The number of nitrogens with one attached hydrogen (secondary N) is 1. The Kier molecular flexibility index (Phi) is 5.09. The number of benzene rings is 2. The summed E-state index contributed by atoms with van der Waals surface area (Å²) in [6.07, 6.45) is 1.74. The number of hydrogen-bond donors (Lipinski definition) is 3. The zero-order valence-electron chi connectivity index (χ0n) is 14.1. The van der Waals surface area contributed by atoms with Crippen molar-refractivity contribution in [3.05, 3.63) is 69.6 Å². The molecule has 0 saturated carbocycles. The molecule has 0 spiro atoms. The standard InChI is InChI=1S/C19H14N2O5S/c1-10-4-2-3-5-11(10)9-15-16(22)21-19(27-15)20-14-7-12(17(23)24)6-13(8-14)18(25)26/h2-9H,1H3,(H,23,24)(H,25,26)(H,20,21,22)/b15-9-. The number of aliphatic imine (C=N–C) groups is 1. The average molecular weight is 382 g/mol. The largest absolute Gasteiger partial charge is 0.478 e. The van der Waals surface area contributed by atoms with Crippen LogP contribution in [0.15, 0.2) is 52.4 Å². The monoisotopic (exact) mass is 382 g/mol. The third kappa shape index (κ3) is 4.24. The lowest BCUT2D eigenvalue weighted by atomic mass is 10.1. The van der Waals surface area contributed by atoms with E-state index >= 15 is 0 Å². The SMILES string of the molecule is Cc1ccccc1/C=C1\SC(=Nc2cc(C(=O)O)cc(C(=O)O)c2)NC1=O. The second-order valence-electron chi connectivity index (χ2n) is 5.72. The van der Waals surface area contributed by atoms with Gasteiger partial charge in [-0.25, -0.2) is 14.6 Å². The fraction of sp³-hybridized carbons (Fsp3) is 0.0526. The number of carbonyl (C=O) groups is 3. The summed E-state index contributed by atoms with van der Waals surface area (Å²) in [7, 11) is 0. The number of hydrogen-bond acceptors (Lipinski definition) is 5. The van der Waals surface area contributed by atoms with Crippen LogP contribution in [0, 0.1) is 6.92 Å². The highest BCUT2D eigenvalue weighted by Gasteiger charge is 2.24. The molecule has 136 valence electrons. The van der Waals surface area contributed by atoms with Crippen molar-refractivity contribution in [2.45, 2.75) is 6.92 Å². The van der Waals surface area contributed by atoms with Crippen molar-refractivity contribution in [1.29, 1.82) is 0 Å². The Balaban J connectivity index is 1.93. The zero-order valence-corrected chi connectivity index (χ0v) is 14.9. The van der Waals surface area contributed by atoms with E-state index in [2.05, 4.69) is 10.3 Å². The summed E-state index contributed by atoms with van der Waals surface area (Å²) in [6, 6.07) is 11.1. The van der Waals surface area contributed by atoms with Crippen LogP contribution in [-0.4, -0.2) is 33.2 Å². The van der Waals surface area contributed by atoms with E-state index in [1.165, 1.54) is 12.1 Å². The van der Waals surface area contributed by atoms with Gasteiger partial charge in [0.15, 0.2) is 5.17 Å². The van der Waals surface area contributed by atoms with E-state index in [4.69, 9.17) is 10.2 Å². The second-order valence-corrected chi connectivity index (χ2v) is 6.75. The number of nitrogens with zero attached hydrogens (tertiary/aromatic N) is 1. The molecule has 0 atom stereocenters. The lowest BCUT2D eigenvalue weighted by Gasteiger charge is -2.02. The molecule has 1 aliphatic heterocycles. The fourth-order valence-electron chi connectivity index (χ4n) is 2.41. The van der Waals surface area contributed by atoms with E-state index in [-0.39, 0.29) is 27.9 Å². The molecule has 2 aromatic carbocycles. The first-order chi connectivity index (χ1) is 12.8. The number of carboxylic acid groups (broad SMARTS) is 2. The smallest absolute Gasteiger partial charge is 0.335 e. The first kappa shape index (κ1) is 18.4. The van der Waals surface area contributed by atoms with Gasteiger partial charge < -0.3 is 15.5 Å². The molecular formula is C19H14N2O5S. The Morgan fingerprint density at radius 3 is 2.30 bits per heavy atom. The molecule has 0 aliphatic carbocycles. The van der Waals surface area contributed by atoms with Crippen LogP contribution in [0.3, 0.4) is 0 Å². The van der Waals surface area contributed by atoms with Gasteiger partial charge in [0.2, 0.25) is 0 Å². The van der Waals surface area contributed by atoms with Gasteiger partial charge in [0.05, 0.1) is 21.7 Å². The molecule has 0 radical (unpaired) electrons. The van der Waals surface area contributed by atoms with Gasteiger partial charge in [0, 0.05) is 0 Å². The highest BCUT2D eigenvalue weighted by atomic mass is 32.2. The molecule has 7 nitrogen and oxygen atoms in total. The van der Waals surface area contributed by atoms with Gasteiger partial charge in [0.25, 0.3) is 5.91 Å². The summed E-state index contributed by atoms with van der Waals surface area (Å²) in [6.45, 7) is 1.93. The Hall–Kier alpha value is -3.39. The summed E-state index contributed by atoms with van der Waals surface area (Å²) >= 11 is 1.10. The van der Waals surface area contributed by atoms with Crippen molar-refractivity contribution in [3.63, 3.8) is 0 Å². The molecular weight excluding hydrogens is 368 g/mol. The van der Waals surface area contributed by atoms with Crippen molar-refractivity contribution in [2.75, 3.05) is 0 Å². The molecule has 27 heavy (non-hydrogen) atoms. The minimum atomic E-state index is -1.26. The Morgan fingerprint density at radius 2 is 1.70 bits per heavy atom. The third-order valence-corrected chi connectivity index (χ3v) is 4.68. The predicted octanol–water partition coefficient (Wildman–Crippen LogP) is 3.28. The van der Waals surface area contributed by atoms with Crippen molar-refractivity contribution in [3.8, 4) is 0 Å². The average Bonchev–Trinajstić information content (AvgIpc) is 2.95. The predicted molar refractivity (Wildman–Crippen MR) is 102 cm³/mol. The molecule has 1 fully saturated rings. The van der Waals surface area contributed by atoms with E-state index in [1.807, 2.05) is 31.2 Å². The van der Waals surface area contributed by atoms with E-state index in [0.29, 0.717) is 4.91 Å². The topological polar surface area (TPSA) is 116 Å². The first-order valence-corrected chi connectivity index (χ1v) is 8.62. The van der Waals surface area contributed by atoms with E-state index in [0.717, 1.165) is 29.0 Å². The van der Waals surface area contributed by atoms with Gasteiger partial charge >= 0.3 is 11.9 Å². The molecule has 3 rings (SSSR count). The first-order valence-electron chi connectivity index (χ1n) is 7.80. The van der Waals surface area contributed by atoms with Crippen LogP contribution in [0.2, 0.25) is 0 Å². The summed E-state index contributed by atoms with van der Waals surface area (Å²) in [4.78, 5) is 39.2. The van der Waals surface area contributed by atoms with Crippen LogP contribution in [0.5, 0.6) is 0 Å². The van der Waals surface area contributed by atoms with E-state index in [9.17, 15) is 14.4 Å². The number of carbonyl (C=O) groups excluding carboxylic acids is 1. The lowest BCUT2D eigenvalue weighted by Crippen LogP contribution is -2.19. The minimum Gasteiger partial charge on any atom is -0.478 e. The number of aryl methyl sites for hydroxylation is 1. The Morgan fingerprint density at radius 1 is 1.07 bits per heavy atom. The van der Waals surface area contributed by atoms with Gasteiger partial charge in [-0.3, -0.25) is 4.79 Å². The molecule has 1 heterocycles. The van der Waals surface area contributed by atoms with Crippen LogP contribution in [0.25, 0.3) is 6.08 Å². The van der Waals surface area contributed by atoms with E-state index < -0.39 is 11.9 Å². The maximum atomic E-state index is 12.2. The molecule has 1 saturated heterocycles. The van der Waals surface area contributed by atoms with Gasteiger partial charge in [-0.2, -0.15) is 0 Å². The Labute approximate surface area is 158 Å². The van der Waals surface area contributed by atoms with Crippen LogP contribution < -0.4 is 5.32 Å². The lowest BCUT2D eigenvalue weighted by molar-refractivity contribution is -0.115. The highest BCUT2D eigenvalue weighted by molar-refractivity contribution is 8.18. The number of rotatable bonds is 4. The van der Waals surface area contributed by atoms with Crippen LogP contribution in [-0.2, 0) is 4.79 Å². The number of amidine groups is 1. The maximum Gasteiger partial charge on any atom is 0.335 e. The fourth-order valence-corrected chi connectivity index (χ4v) is 3.24. The zero-order chi connectivity index (χ0) is 19.6. The summed E-state index contributed by atoms with van der Waals surface area (Å²) in [5.74, 6) is -2.85. The van der Waals surface area contributed by atoms with Crippen molar-refractivity contribution < 1.29 is 24.6 Å². The Bertz CT molecular complexity index is 994. The maximum absolute atomic E-state index is 12.2. The molecule has 1 amide bonds. The molecule has 8 heteroatoms. The van der Waals surface area contributed by atoms with Gasteiger partial charge in [-0.1, -0.05) is 24.3 Å².